The van der Waals surface area contributed by atoms with Gasteiger partial charge in [-0.25, -0.2) is 9.97 Å². The topological polar surface area (TPSA) is 47.0 Å². The number of anilines is 1. The van der Waals surface area contributed by atoms with Crippen LogP contribution in [0.15, 0.2) is 41.1 Å². The summed E-state index contributed by atoms with van der Waals surface area (Å²) in [4.78, 5) is 8.50. The summed E-state index contributed by atoms with van der Waals surface area (Å²) in [7, 11) is 0. The van der Waals surface area contributed by atoms with E-state index in [9.17, 15) is 0 Å². The van der Waals surface area contributed by atoms with Gasteiger partial charge in [-0.05, 0) is 47.5 Å². The molecular weight excluding hydrogens is 306 g/mol. The van der Waals surface area contributed by atoms with Crippen molar-refractivity contribution in [1.29, 1.82) is 0 Å². The fourth-order valence-electron chi connectivity index (χ4n) is 1.50. The molecule has 100 valence electrons. The van der Waals surface area contributed by atoms with E-state index in [2.05, 4.69) is 31.2 Å². The predicted octanol–water partition coefficient (Wildman–Crippen LogP) is 3.64. The van der Waals surface area contributed by atoms with Crippen molar-refractivity contribution in [3.05, 3.63) is 46.7 Å². The molecule has 1 N–H and O–H groups in total. The summed E-state index contributed by atoms with van der Waals surface area (Å²) < 4.78 is 6.46. The van der Waals surface area contributed by atoms with Crippen molar-refractivity contribution in [2.75, 3.05) is 5.32 Å². The van der Waals surface area contributed by atoms with E-state index in [0.29, 0.717) is 12.4 Å². The number of hydrogen-bond donors (Lipinski definition) is 1. The summed E-state index contributed by atoms with van der Waals surface area (Å²) in [6, 6.07) is 7.75. The predicted molar refractivity (Wildman–Crippen MR) is 79.3 cm³/mol. The SMILES string of the molecule is CC(C)Oc1ccc(CNc2ccc(Br)cn2)cn1. The quantitative estimate of drug-likeness (QED) is 0.913. The van der Waals surface area contributed by atoms with E-state index in [1.54, 1.807) is 6.20 Å². The molecule has 0 unspecified atom stereocenters. The third-order valence-corrected chi connectivity index (χ3v) is 2.82. The molecule has 2 aromatic heterocycles. The lowest BCUT2D eigenvalue weighted by atomic mass is 10.3. The van der Waals surface area contributed by atoms with Crippen LogP contribution in [0.2, 0.25) is 0 Å². The molecule has 0 aliphatic rings. The zero-order valence-electron chi connectivity index (χ0n) is 10.9. The normalized spacial score (nSPS) is 10.5. The van der Waals surface area contributed by atoms with E-state index in [-0.39, 0.29) is 6.10 Å². The third-order valence-electron chi connectivity index (χ3n) is 2.36. The largest absolute Gasteiger partial charge is 0.475 e. The standard InChI is InChI=1S/C14H16BrN3O/c1-10(2)19-14-6-3-11(8-18-14)7-16-13-5-4-12(15)9-17-13/h3-6,8-10H,7H2,1-2H3,(H,16,17). The number of rotatable bonds is 5. The number of nitrogens with zero attached hydrogens (tertiary/aromatic N) is 2. The Morgan fingerprint density at radius 2 is 2.00 bits per heavy atom. The van der Waals surface area contributed by atoms with Crippen molar-refractivity contribution in [1.82, 2.24) is 9.97 Å². The van der Waals surface area contributed by atoms with Crippen LogP contribution < -0.4 is 10.1 Å². The number of ether oxygens (including phenoxy) is 1. The number of pyridine rings is 2. The monoisotopic (exact) mass is 321 g/mol. The maximum atomic E-state index is 5.50. The lowest BCUT2D eigenvalue weighted by Crippen LogP contribution is -2.07. The van der Waals surface area contributed by atoms with E-state index in [0.717, 1.165) is 15.9 Å². The first-order valence-corrected chi connectivity index (χ1v) is 6.90. The van der Waals surface area contributed by atoms with Gasteiger partial charge in [0.1, 0.15) is 5.82 Å². The highest BCUT2D eigenvalue weighted by molar-refractivity contribution is 9.10. The second kappa shape index (κ2) is 6.52. The van der Waals surface area contributed by atoms with E-state index in [1.807, 2.05) is 44.3 Å². The number of halogens is 1. The van der Waals surface area contributed by atoms with Crippen LogP contribution in [0.25, 0.3) is 0 Å². The number of aromatic nitrogens is 2. The molecular formula is C14H16BrN3O. The third kappa shape index (κ3) is 4.52. The van der Waals surface area contributed by atoms with Crippen molar-refractivity contribution in [3.63, 3.8) is 0 Å². The molecule has 0 spiro atoms. The summed E-state index contributed by atoms with van der Waals surface area (Å²) in [6.45, 7) is 4.65. The van der Waals surface area contributed by atoms with Crippen LogP contribution in [0.1, 0.15) is 19.4 Å². The first-order chi connectivity index (χ1) is 9.13. The van der Waals surface area contributed by atoms with E-state index in [1.165, 1.54) is 0 Å². The molecule has 0 fully saturated rings. The summed E-state index contributed by atoms with van der Waals surface area (Å²) >= 11 is 3.35. The van der Waals surface area contributed by atoms with Gasteiger partial charge in [-0.2, -0.15) is 0 Å². The molecule has 0 aromatic carbocycles. The van der Waals surface area contributed by atoms with Crippen molar-refractivity contribution in [2.24, 2.45) is 0 Å². The van der Waals surface area contributed by atoms with Crippen LogP contribution >= 0.6 is 15.9 Å². The highest BCUT2D eigenvalue weighted by Crippen LogP contribution is 2.13. The minimum absolute atomic E-state index is 0.142. The lowest BCUT2D eigenvalue weighted by Gasteiger charge is -2.09. The second-order valence-electron chi connectivity index (χ2n) is 4.39. The fraction of sp³-hybridized carbons (Fsp3) is 0.286. The molecule has 0 bridgehead atoms. The lowest BCUT2D eigenvalue weighted by molar-refractivity contribution is 0.232. The first-order valence-electron chi connectivity index (χ1n) is 6.10. The highest BCUT2D eigenvalue weighted by atomic mass is 79.9. The van der Waals surface area contributed by atoms with Crippen molar-refractivity contribution in [2.45, 2.75) is 26.5 Å². The molecule has 4 nitrogen and oxygen atoms in total. The van der Waals surface area contributed by atoms with Crippen molar-refractivity contribution in [3.8, 4) is 5.88 Å². The molecule has 2 heterocycles. The summed E-state index contributed by atoms with van der Waals surface area (Å²) in [5, 5.41) is 3.24. The number of nitrogens with one attached hydrogen (secondary N) is 1. The van der Waals surface area contributed by atoms with Crippen LogP contribution in [-0.2, 0) is 6.54 Å². The smallest absolute Gasteiger partial charge is 0.213 e. The molecule has 2 aromatic rings. The van der Waals surface area contributed by atoms with Crippen molar-refractivity contribution >= 4 is 21.7 Å². The van der Waals surface area contributed by atoms with Gasteiger partial charge in [0.05, 0.1) is 6.10 Å². The van der Waals surface area contributed by atoms with Crippen LogP contribution in [0.4, 0.5) is 5.82 Å². The van der Waals surface area contributed by atoms with Gasteiger partial charge in [0.25, 0.3) is 0 Å². The van der Waals surface area contributed by atoms with Crippen LogP contribution in [-0.4, -0.2) is 16.1 Å². The van der Waals surface area contributed by atoms with Gasteiger partial charge in [-0.1, -0.05) is 6.07 Å². The Morgan fingerprint density at radius 1 is 1.16 bits per heavy atom. The Kier molecular flexibility index (Phi) is 4.74. The average molecular weight is 322 g/mol. The molecule has 0 saturated heterocycles. The van der Waals surface area contributed by atoms with Gasteiger partial charge in [0.15, 0.2) is 0 Å². The number of hydrogen-bond acceptors (Lipinski definition) is 4. The Labute approximate surface area is 121 Å². The minimum Gasteiger partial charge on any atom is -0.475 e. The zero-order chi connectivity index (χ0) is 13.7. The first kappa shape index (κ1) is 13.8. The van der Waals surface area contributed by atoms with E-state index in [4.69, 9.17) is 4.74 Å². The molecule has 5 heteroatoms. The summed E-state index contributed by atoms with van der Waals surface area (Å²) in [5.41, 5.74) is 1.08. The average Bonchev–Trinajstić information content (AvgIpc) is 2.39. The van der Waals surface area contributed by atoms with Gasteiger partial charge in [0.2, 0.25) is 5.88 Å². The Bertz CT molecular complexity index is 511. The van der Waals surface area contributed by atoms with E-state index >= 15 is 0 Å². The maximum Gasteiger partial charge on any atom is 0.213 e. The minimum atomic E-state index is 0.142. The molecule has 19 heavy (non-hydrogen) atoms. The van der Waals surface area contributed by atoms with Gasteiger partial charge in [0, 0.05) is 29.5 Å². The molecule has 0 aliphatic carbocycles. The Morgan fingerprint density at radius 3 is 2.58 bits per heavy atom. The fourth-order valence-corrected chi connectivity index (χ4v) is 1.73. The molecule has 0 aliphatic heterocycles. The summed E-state index contributed by atoms with van der Waals surface area (Å²) in [6.07, 6.45) is 3.72. The Balaban J connectivity index is 1.91. The van der Waals surface area contributed by atoms with Gasteiger partial charge < -0.3 is 10.1 Å². The second-order valence-corrected chi connectivity index (χ2v) is 5.30. The van der Waals surface area contributed by atoms with Crippen LogP contribution in [0.5, 0.6) is 5.88 Å². The zero-order valence-corrected chi connectivity index (χ0v) is 12.5. The van der Waals surface area contributed by atoms with Gasteiger partial charge in [-0.3, -0.25) is 0 Å². The Hall–Kier alpha value is -1.62. The molecule has 0 saturated carbocycles. The highest BCUT2D eigenvalue weighted by Gasteiger charge is 2.00. The van der Waals surface area contributed by atoms with E-state index < -0.39 is 0 Å². The molecule has 0 amide bonds. The molecule has 0 radical (unpaired) electrons. The van der Waals surface area contributed by atoms with Gasteiger partial charge >= 0.3 is 0 Å². The van der Waals surface area contributed by atoms with Gasteiger partial charge in [-0.15, -0.1) is 0 Å². The summed E-state index contributed by atoms with van der Waals surface area (Å²) in [5.74, 6) is 1.49. The maximum absolute atomic E-state index is 5.50. The van der Waals surface area contributed by atoms with Crippen LogP contribution in [0, 0.1) is 0 Å². The molecule has 2 rings (SSSR count). The van der Waals surface area contributed by atoms with Crippen molar-refractivity contribution < 1.29 is 4.74 Å². The molecule has 0 atom stereocenters. The van der Waals surface area contributed by atoms with Crippen LogP contribution in [0.3, 0.4) is 0 Å².